The van der Waals surface area contributed by atoms with Gasteiger partial charge in [0.15, 0.2) is 0 Å². The SMILES string of the molecule is CC(=NNC(=O)C1CC1)c1cccnc1Cl. The summed E-state index contributed by atoms with van der Waals surface area (Å²) in [6, 6.07) is 3.60. The zero-order chi connectivity index (χ0) is 11.5. The van der Waals surface area contributed by atoms with Gasteiger partial charge in [-0.2, -0.15) is 5.10 Å². The van der Waals surface area contributed by atoms with E-state index in [0.717, 1.165) is 18.4 Å². The second kappa shape index (κ2) is 4.61. The van der Waals surface area contributed by atoms with Gasteiger partial charge in [-0.1, -0.05) is 11.6 Å². The van der Waals surface area contributed by atoms with Crippen LogP contribution in [0.4, 0.5) is 0 Å². The van der Waals surface area contributed by atoms with Crippen LogP contribution in [0.5, 0.6) is 0 Å². The molecule has 0 aromatic carbocycles. The topological polar surface area (TPSA) is 54.4 Å². The third kappa shape index (κ3) is 2.58. The molecule has 1 N–H and O–H groups in total. The van der Waals surface area contributed by atoms with Crippen molar-refractivity contribution in [2.75, 3.05) is 0 Å². The number of hydrazone groups is 1. The Kier molecular flexibility index (Phi) is 3.19. The molecule has 0 unspecified atom stereocenters. The molecular formula is C11H12ClN3O. The van der Waals surface area contributed by atoms with Gasteiger partial charge < -0.3 is 0 Å². The van der Waals surface area contributed by atoms with Gasteiger partial charge in [-0.05, 0) is 31.9 Å². The molecule has 1 aliphatic carbocycles. The molecule has 1 aromatic heterocycles. The fourth-order valence-electron chi connectivity index (χ4n) is 1.29. The lowest BCUT2D eigenvalue weighted by molar-refractivity contribution is -0.122. The van der Waals surface area contributed by atoms with Gasteiger partial charge in [-0.3, -0.25) is 4.79 Å². The second-order valence-corrected chi connectivity index (χ2v) is 4.15. The molecule has 0 radical (unpaired) electrons. The standard InChI is InChI=1S/C11H12ClN3O/c1-7(9-3-2-6-13-10(9)12)14-15-11(16)8-4-5-8/h2-3,6,8H,4-5H2,1H3,(H,15,16). The Morgan fingerprint density at radius 3 is 3.00 bits per heavy atom. The maximum Gasteiger partial charge on any atom is 0.243 e. The van der Waals surface area contributed by atoms with Gasteiger partial charge in [0.05, 0.1) is 5.71 Å². The zero-order valence-electron chi connectivity index (χ0n) is 8.90. The highest BCUT2D eigenvalue weighted by Crippen LogP contribution is 2.28. The van der Waals surface area contributed by atoms with E-state index in [0.29, 0.717) is 10.9 Å². The Morgan fingerprint density at radius 2 is 2.38 bits per heavy atom. The number of nitrogens with zero attached hydrogens (tertiary/aromatic N) is 2. The number of carbonyl (C=O) groups is 1. The van der Waals surface area contributed by atoms with Gasteiger partial charge in [0.25, 0.3) is 0 Å². The fraction of sp³-hybridized carbons (Fsp3) is 0.364. The number of hydrogen-bond donors (Lipinski definition) is 1. The molecule has 0 spiro atoms. The van der Waals surface area contributed by atoms with Crippen LogP contribution in [0.1, 0.15) is 25.3 Å². The zero-order valence-corrected chi connectivity index (χ0v) is 9.66. The van der Waals surface area contributed by atoms with E-state index < -0.39 is 0 Å². The minimum atomic E-state index is -0.0145. The highest BCUT2D eigenvalue weighted by molar-refractivity contribution is 6.32. The van der Waals surface area contributed by atoms with Crippen molar-refractivity contribution in [1.29, 1.82) is 0 Å². The van der Waals surface area contributed by atoms with Gasteiger partial charge in [0.2, 0.25) is 5.91 Å². The quantitative estimate of drug-likeness (QED) is 0.497. The van der Waals surface area contributed by atoms with Gasteiger partial charge in [-0.25, -0.2) is 10.4 Å². The predicted octanol–water partition coefficient (Wildman–Crippen LogP) is 1.99. The highest BCUT2D eigenvalue weighted by atomic mass is 35.5. The van der Waals surface area contributed by atoms with Crippen molar-refractivity contribution < 1.29 is 4.79 Å². The van der Waals surface area contributed by atoms with Crippen LogP contribution in [0.25, 0.3) is 0 Å². The molecule has 84 valence electrons. The summed E-state index contributed by atoms with van der Waals surface area (Å²) < 4.78 is 0. The summed E-state index contributed by atoms with van der Waals surface area (Å²) >= 11 is 5.90. The minimum absolute atomic E-state index is 0.0145. The van der Waals surface area contributed by atoms with Gasteiger partial charge >= 0.3 is 0 Å². The van der Waals surface area contributed by atoms with Crippen LogP contribution in [0.15, 0.2) is 23.4 Å². The monoisotopic (exact) mass is 237 g/mol. The molecule has 4 nitrogen and oxygen atoms in total. The number of carbonyl (C=O) groups excluding carboxylic acids is 1. The molecule has 1 amide bonds. The number of halogens is 1. The number of nitrogens with one attached hydrogen (secondary N) is 1. The Labute approximate surface area is 98.7 Å². The molecule has 1 saturated carbocycles. The van der Waals surface area contributed by atoms with Crippen LogP contribution in [0.3, 0.4) is 0 Å². The number of pyridine rings is 1. The molecule has 16 heavy (non-hydrogen) atoms. The maximum atomic E-state index is 11.4. The van der Waals surface area contributed by atoms with Gasteiger partial charge in [0, 0.05) is 17.7 Å². The largest absolute Gasteiger partial charge is 0.273 e. The van der Waals surface area contributed by atoms with Crippen molar-refractivity contribution in [2.45, 2.75) is 19.8 Å². The lowest BCUT2D eigenvalue weighted by atomic mass is 10.2. The van der Waals surface area contributed by atoms with Crippen LogP contribution in [-0.2, 0) is 4.79 Å². The first-order valence-corrected chi connectivity index (χ1v) is 5.51. The first-order valence-electron chi connectivity index (χ1n) is 5.13. The Morgan fingerprint density at radius 1 is 1.62 bits per heavy atom. The first kappa shape index (κ1) is 11.1. The van der Waals surface area contributed by atoms with E-state index in [1.165, 1.54) is 0 Å². The minimum Gasteiger partial charge on any atom is -0.273 e. The first-order chi connectivity index (χ1) is 7.68. The van der Waals surface area contributed by atoms with E-state index in [-0.39, 0.29) is 11.8 Å². The molecule has 2 rings (SSSR count). The van der Waals surface area contributed by atoms with Crippen molar-refractivity contribution in [3.8, 4) is 0 Å². The average Bonchev–Trinajstić information content (AvgIpc) is 3.10. The summed E-state index contributed by atoms with van der Waals surface area (Å²) in [4.78, 5) is 15.3. The normalized spacial score (nSPS) is 16.0. The number of amides is 1. The fourth-order valence-corrected chi connectivity index (χ4v) is 1.55. The summed E-state index contributed by atoms with van der Waals surface area (Å²) in [7, 11) is 0. The summed E-state index contributed by atoms with van der Waals surface area (Å²) in [5, 5.41) is 4.40. The van der Waals surface area contributed by atoms with Crippen LogP contribution >= 0.6 is 11.6 Å². The molecule has 0 saturated heterocycles. The van der Waals surface area contributed by atoms with Crippen LogP contribution in [0.2, 0.25) is 5.15 Å². The van der Waals surface area contributed by atoms with E-state index in [9.17, 15) is 4.79 Å². The molecule has 0 aliphatic heterocycles. The van der Waals surface area contributed by atoms with Crippen molar-refractivity contribution in [3.05, 3.63) is 29.0 Å². The van der Waals surface area contributed by atoms with E-state index >= 15 is 0 Å². The molecule has 0 bridgehead atoms. The van der Waals surface area contributed by atoms with Crippen LogP contribution in [-0.4, -0.2) is 16.6 Å². The van der Waals surface area contributed by atoms with Crippen LogP contribution in [0, 0.1) is 5.92 Å². The predicted molar refractivity (Wildman–Crippen MR) is 62.3 cm³/mol. The Hall–Kier alpha value is -1.42. The van der Waals surface area contributed by atoms with E-state index in [1.807, 2.05) is 6.07 Å². The summed E-state index contributed by atoms with van der Waals surface area (Å²) in [6.07, 6.45) is 3.55. The number of aromatic nitrogens is 1. The molecule has 1 fully saturated rings. The van der Waals surface area contributed by atoms with Crippen molar-refractivity contribution in [3.63, 3.8) is 0 Å². The highest BCUT2D eigenvalue weighted by Gasteiger charge is 2.29. The van der Waals surface area contributed by atoms with Crippen LogP contribution < -0.4 is 5.43 Å². The lowest BCUT2D eigenvalue weighted by Crippen LogP contribution is -2.20. The third-order valence-electron chi connectivity index (χ3n) is 2.43. The lowest BCUT2D eigenvalue weighted by Gasteiger charge is -2.03. The van der Waals surface area contributed by atoms with E-state index in [2.05, 4.69) is 15.5 Å². The maximum absolute atomic E-state index is 11.4. The van der Waals surface area contributed by atoms with Crippen molar-refractivity contribution in [1.82, 2.24) is 10.4 Å². The average molecular weight is 238 g/mol. The van der Waals surface area contributed by atoms with Gasteiger partial charge in [-0.15, -0.1) is 0 Å². The summed E-state index contributed by atoms with van der Waals surface area (Å²) in [5.74, 6) is 0.139. The molecule has 1 heterocycles. The second-order valence-electron chi connectivity index (χ2n) is 3.79. The Bertz CT molecular complexity index is 441. The number of hydrogen-bond acceptors (Lipinski definition) is 3. The molecule has 0 atom stereocenters. The summed E-state index contributed by atoms with van der Waals surface area (Å²) in [5.41, 5.74) is 3.93. The molecular weight excluding hydrogens is 226 g/mol. The van der Waals surface area contributed by atoms with Crippen molar-refractivity contribution >= 4 is 23.2 Å². The van der Waals surface area contributed by atoms with Gasteiger partial charge in [0.1, 0.15) is 5.15 Å². The van der Waals surface area contributed by atoms with Crippen molar-refractivity contribution in [2.24, 2.45) is 11.0 Å². The smallest absolute Gasteiger partial charge is 0.243 e. The molecule has 1 aliphatic rings. The molecule has 5 heteroatoms. The molecule has 1 aromatic rings. The summed E-state index contributed by atoms with van der Waals surface area (Å²) in [6.45, 7) is 1.79. The number of rotatable bonds is 3. The third-order valence-corrected chi connectivity index (χ3v) is 2.73. The Balaban J connectivity index is 2.06. The van der Waals surface area contributed by atoms with E-state index in [4.69, 9.17) is 11.6 Å². The van der Waals surface area contributed by atoms with E-state index in [1.54, 1.807) is 19.2 Å².